The Morgan fingerprint density at radius 3 is 2.40 bits per heavy atom. The van der Waals surface area contributed by atoms with Crippen LogP contribution in [0.4, 0.5) is 5.69 Å². The van der Waals surface area contributed by atoms with Crippen molar-refractivity contribution in [1.82, 2.24) is 0 Å². The molecule has 0 aromatic heterocycles. The van der Waals surface area contributed by atoms with Crippen LogP contribution >= 0.6 is 15.9 Å². The maximum Gasteiger partial charge on any atom is 0.0998 e. The molecule has 0 saturated carbocycles. The van der Waals surface area contributed by atoms with Crippen LogP contribution in [0.1, 0.15) is 12.5 Å². The molecule has 2 rings (SSSR count). The second-order valence-electron chi connectivity index (χ2n) is 4.31. The Morgan fingerprint density at radius 1 is 1.33 bits per heavy atom. The van der Waals surface area contributed by atoms with Crippen molar-refractivity contribution in [3.63, 3.8) is 0 Å². The van der Waals surface area contributed by atoms with Gasteiger partial charge >= 0.3 is 0 Å². The van der Waals surface area contributed by atoms with Gasteiger partial charge in [-0.3, -0.25) is 0 Å². The Kier molecular flexibility index (Phi) is 3.03. The maximum absolute atomic E-state index is 5.42. The van der Waals surface area contributed by atoms with Crippen molar-refractivity contribution in [2.75, 3.05) is 25.1 Å². The molecule has 82 valence electrons. The first-order valence-electron chi connectivity index (χ1n) is 5.12. The molecule has 1 aromatic carbocycles. The summed E-state index contributed by atoms with van der Waals surface area (Å²) in [5, 5.41) is 0.920. The fourth-order valence-electron chi connectivity index (χ4n) is 1.87. The molecule has 1 aliphatic rings. The fraction of sp³-hybridized carbons (Fsp3) is 0.500. The molecule has 1 aliphatic heterocycles. The number of anilines is 1. The van der Waals surface area contributed by atoms with Crippen LogP contribution in [0.3, 0.4) is 0 Å². The van der Waals surface area contributed by atoms with Crippen molar-refractivity contribution in [3.05, 3.63) is 29.8 Å². The van der Waals surface area contributed by atoms with Crippen LogP contribution in [0.5, 0.6) is 0 Å². The van der Waals surface area contributed by atoms with Crippen molar-refractivity contribution < 1.29 is 4.74 Å². The zero-order chi connectivity index (χ0) is 10.9. The van der Waals surface area contributed by atoms with E-state index in [9.17, 15) is 0 Å². The SMILES string of the molecule is COC1(C)CN(c2ccc(CBr)cc2)C1. The number of hydrogen-bond acceptors (Lipinski definition) is 2. The van der Waals surface area contributed by atoms with Crippen LogP contribution in [0, 0.1) is 0 Å². The monoisotopic (exact) mass is 269 g/mol. The van der Waals surface area contributed by atoms with Gasteiger partial charge in [0.05, 0.1) is 5.60 Å². The molecule has 0 spiro atoms. The fourth-order valence-corrected chi connectivity index (χ4v) is 2.24. The van der Waals surface area contributed by atoms with Gasteiger partial charge in [-0.25, -0.2) is 0 Å². The average Bonchev–Trinajstić information content (AvgIpc) is 2.25. The third-order valence-corrected chi connectivity index (χ3v) is 3.65. The first kappa shape index (κ1) is 11.0. The van der Waals surface area contributed by atoms with Gasteiger partial charge in [-0.05, 0) is 24.6 Å². The Bertz CT molecular complexity index is 330. The quantitative estimate of drug-likeness (QED) is 0.783. The summed E-state index contributed by atoms with van der Waals surface area (Å²) in [6.07, 6.45) is 0. The van der Waals surface area contributed by atoms with E-state index in [1.807, 2.05) is 0 Å². The average molecular weight is 270 g/mol. The molecule has 0 atom stereocenters. The minimum atomic E-state index is 0.0497. The van der Waals surface area contributed by atoms with Gasteiger partial charge in [0.2, 0.25) is 0 Å². The molecular formula is C12H16BrNO. The lowest BCUT2D eigenvalue weighted by Gasteiger charge is -2.48. The third kappa shape index (κ3) is 2.18. The Hall–Kier alpha value is -0.540. The van der Waals surface area contributed by atoms with Crippen LogP contribution in [0.2, 0.25) is 0 Å². The molecular weight excluding hydrogens is 254 g/mol. The van der Waals surface area contributed by atoms with Crippen LogP contribution in [-0.2, 0) is 10.1 Å². The summed E-state index contributed by atoms with van der Waals surface area (Å²) < 4.78 is 5.42. The summed E-state index contributed by atoms with van der Waals surface area (Å²) in [7, 11) is 1.78. The predicted molar refractivity (Wildman–Crippen MR) is 66.7 cm³/mol. The second kappa shape index (κ2) is 4.14. The van der Waals surface area contributed by atoms with Gasteiger partial charge in [-0.2, -0.15) is 0 Å². The van der Waals surface area contributed by atoms with E-state index in [0.29, 0.717) is 0 Å². The zero-order valence-corrected chi connectivity index (χ0v) is 10.8. The number of rotatable bonds is 3. The van der Waals surface area contributed by atoms with Gasteiger partial charge < -0.3 is 9.64 Å². The smallest absolute Gasteiger partial charge is 0.0998 e. The summed E-state index contributed by atoms with van der Waals surface area (Å²) in [6.45, 7) is 4.12. The highest BCUT2D eigenvalue weighted by atomic mass is 79.9. The van der Waals surface area contributed by atoms with E-state index >= 15 is 0 Å². The van der Waals surface area contributed by atoms with E-state index in [2.05, 4.69) is 52.0 Å². The van der Waals surface area contributed by atoms with Gasteiger partial charge in [0.25, 0.3) is 0 Å². The van der Waals surface area contributed by atoms with E-state index in [0.717, 1.165) is 18.4 Å². The van der Waals surface area contributed by atoms with E-state index in [-0.39, 0.29) is 5.60 Å². The van der Waals surface area contributed by atoms with Crippen LogP contribution in [-0.4, -0.2) is 25.8 Å². The summed E-state index contributed by atoms with van der Waals surface area (Å²) >= 11 is 3.45. The molecule has 1 fully saturated rings. The Morgan fingerprint density at radius 2 is 1.93 bits per heavy atom. The molecule has 1 aromatic rings. The first-order chi connectivity index (χ1) is 7.17. The zero-order valence-electron chi connectivity index (χ0n) is 9.16. The van der Waals surface area contributed by atoms with Crippen molar-refractivity contribution in [3.8, 4) is 0 Å². The molecule has 0 radical (unpaired) electrons. The maximum atomic E-state index is 5.42. The number of nitrogens with zero attached hydrogens (tertiary/aromatic N) is 1. The molecule has 0 amide bonds. The Labute approximate surface area is 99.4 Å². The highest BCUT2D eigenvalue weighted by Crippen LogP contribution is 2.29. The molecule has 0 bridgehead atoms. The second-order valence-corrected chi connectivity index (χ2v) is 4.87. The molecule has 3 heteroatoms. The molecule has 15 heavy (non-hydrogen) atoms. The number of methoxy groups -OCH3 is 1. The molecule has 0 unspecified atom stereocenters. The van der Waals surface area contributed by atoms with Crippen molar-refractivity contribution in [2.45, 2.75) is 17.9 Å². The number of alkyl halides is 1. The largest absolute Gasteiger partial charge is 0.375 e. The number of benzene rings is 1. The van der Waals surface area contributed by atoms with E-state index < -0.39 is 0 Å². The van der Waals surface area contributed by atoms with Gasteiger partial charge in [0.15, 0.2) is 0 Å². The third-order valence-electron chi connectivity index (χ3n) is 3.00. The van der Waals surface area contributed by atoms with E-state index in [1.54, 1.807) is 7.11 Å². The van der Waals surface area contributed by atoms with Gasteiger partial charge in [-0.15, -0.1) is 0 Å². The van der Waals surface area contributed by atoms with Crippen molar-refractivity contribution in [1.29, 1.82) is 0 Å². The van der Waals surface area contributed by atoms with E-state index in [1.165, 1.54) is 11.3 Å². The lowest BCUT2D eigenvalue weighted by molar-refractivity contribution is -0.0167. The molecule has 2 nitrogen and oxygen atoms in total. The number of hydrogen-bond donors (Lipinski definition) is 0. The number of ether oxygens (including phenoxy) is 1. The molecule has 1 saturated heterocycles. The lowest BCUT2D eigenvalue weighted by atomic mass is 9.95. The normalized spacial score (nSPS) is 18.7. The standard InChI is InChI=1S/C12H16BrNO/c1-12(15-2)8-14(9-12)11-5-3-10(7-13)4-6-11/h3-6H,7-9H2,1-2H3. The summed E-state index contributed by atoms with van der Waals surface area (Å²) in [5.74, 6) is 0. The minimum Gasteiger partial charge on any atom is -0.375 e. The highest BCUT2D eigenvalue weighted by molar-refractivity contribution is 9.08. The summed E-state index contributed by atoms with van der Waals surface area (Å²) in [5.41, 5.74) is 2.65. The van der Waals surface area contributed by atoms with Gasteiger partial charge in [-0.1, -0.05) is 28.1 Å². The summed E-state index contributed by atoms with van der Waals surface area (Å²) in [6, 6.07) is 8.66. The van der Waals surface area contributed by atoms with Gasteiger partial charge in [0.1, 0.15) is 0 Å². The minimum absolute atomic E-state index is 0.0497. The molecule has 1 heterocycles. The Balaban J connectivity index is 2.01. The predicted octanol–water partition coefficient (Wildman–Crippen LogP) is 2.81. The highest BCUT2D eigenvalue weighted by Gasteiger charge is 2.38. The molecule has 0 N–H and O–H groups in total. The summed E-state index contributed by atoms with van der Waals surface area (Å²) in [4.78, 5) is 2.33. The van der Waals surface area contributed by atoms with Crippen LogP contribution < -0.4 is 4.90 Å². The van der Waals surface area contributed by atoms with Crippen LogP contribution in [0.15, 0.2) is 24.3 Å². The van der Waals surface area contributed by atoms with Crippen molar-refractivity contribution >= 4 is 21.6 Å². The molecule has 0 aliphatic carbocycles. The number of halogens is 1. The lowest BCUT2D eigenvalue weighted by Crippen LogP contribution is -2.61. The van der Waals surface area contributed by atoms with Gasteiger partial charge in [0, 0.05) is 31.2 Å². The first-order valence-corrected chi connectivity index (χ1v) is 6.24. The van der Waals surface area contributed by atoms with E-state index in [4.69, 9.17) is 4.74 Å². The topological polar surface area (TPSA) is 12.5 Å². The van der Waals surface area contributed by atoms with Crippen LogP contribution in [0.25, 0.3) is 0 Å². The van der Waals surface area contributed by atoms with Crippen molar-refractivity contribution in [2.24, 2.45) is 0 Å².